The largest absolute Gasteiger partial charge is 0.330 e. The van der Waals surface area contributed by atoms with Gasteiger partial charge in [-0.2, -0.15) is 0 Å². The van der Waals surface area contributed by atoms with Crippen LogP contribution in [0.15, 0.2) is 0 Å². The second-order valence-electron chi connectivity index (χ2n) is 5.65. The fraction of sp³-hybridized carbons (Fsp3) is 1.00. The molecule has 0 aromatic heterocycles. The number of hydrogen-bond acceptors (Lipinski definition) is 3. The third kappa shape index (κ3) is 6.17. The Bertz CT molecular complexity index is 182. The van der Waals surface area contributed by atoms with Crippen molar-refractivity contribution in [1.82, 2.24) is 9.80 Å². The number of nitrogens with two attached hydrogens (primary N) is 1. The average molecular weight is 255 g/mol. The van der Waals surface area contributed by atoms with E-state index in [2.05, 4.69) is 23.6 Å². The van der Waals surface area contributed by atoms with E-state index in [1.54, 1.807) is 0 Å². The van der Waals surface area contributed by atoms with Crippen LogP contribution in [-0.4, -0.2) is 55.6 Å². The van der Waals surface area contributed by atoms with Crippen molar-refractivity contribution >= 4 is 0 Å². The maximum Gasteiger partial charge on any atom is 0.0110 e. The molecule has 2 N–H and O–H groups in total. The smallest absolute Gasteiger partial charge is 0.0110 e. The molecule has 1 aliphatic rings. The van der Waals surface area contributed by atoms with Crippen molar-refractivity contribution in [3.63, 3.8) is 0 Å². The lowest BCUT2D eigenvalue weighted by molar-refractivity contribution is 0.134. The fourth-order valence-corrected chi connectivity index (χ4v) is 3.01. The summed E-state index contributed by atoms with van der Waals surface area (Å²) in [6.07, 6.45) is 6.62. The molecular formula is C15H33N3. The van der Waals surface area contributed by atoms with E-state index in [9.17, 15) is 0 Å². The first kappa shape index (κ1) is 15.9. The van der Waals surface area contributed by atoms with Crippen molar-refractivity contribution in [2.45, 2.75) is 46.0 Å². The molecule has 0 aliphatic carbocycles. The lowest BCUT2D eigenvalue weighted by Gasteiger charge is -2.34. The van der Waals surface area contributed by atoms with Gasteiger partial charge in [0.05, 0.1) is 0 Å². The minimum Gasteiger partial charge on any atom is -0.330 e. The van der Waals surface area contributed by atoms with Crippen molar-refractivity contribution in [1.29, 1.82) is 0 Å². The highest BCUT2D eigenvalue weighted by molar-refractivity contribution is 4.71. The molecule has 1 aliphatic heterocycles. The van der Waals surface area contributed by atoms with Gasteiger partial charge < -0.3 is 15.5 Å². The van der Waals surface area contributed by atoms with Gasteiger partial charge >= 0.3 is 0 Å². The van der Waals surface area contributed by atoms with Gasteiger partial charge in [-0.15, -0.1) is 0 Å². The van der Waals surface area contributed by atoms with E-state index >= 15 is 0 Å². The second kappa shape index (κ2) is 9.76. The van der Waals surface area contributed by atoms with Crippen LogP contribution in [0.3, 0.4) is 0 Å². The first-order valence-corrected chi connectivity index (χ1v) is 7.94. The number of hydrogen-bond donors (Lipinski definition) is 1. The van der Waals surface area contributed by atoms with Crippen molar-refractivity contribution < 1.29 is 0 Å². The summed E-state index contributed by atoms with van der Waals surface area (Å²) in [7, 11) is 0. The first-order valence-electron chi connectivity index (χ1n) is 7.94. The second-order valence-corrected chi connectivity index (χ2v) is 5.65. The summed E-state index contributed by atoms with van der Waals surface area (Å²) in [5.41, 5.74) is 5.69. The SMILES string of the molecule is CCCC(CCN)CCCN1CCN(CC)CC1. The van der Waals surface area contributed by atoms with Crippen LogP contribution in [0.25, 0.3) is 0 Å². The molecule has 1 saturated heterocycles. The molecule has 0 aromatic rings. The Labute approximate surface area is 114 Å². The zero-order valence-electron chi connectivity index (χ0n) is 12.5. The number of rotatable bonds is 9. The lowest BCUT2D eigenvalue weighted by atomic mass is 9.94. The van der Waals surface area contributed by atoms with Gasteiger partial charge in [0, 0.05) is 26.2 Å². The van der Waals surface area contributed by atoms with Crippen molar-refractivity contribution in [2.24, 2.45) is 11.7 Å². The van der Waals surface area contributed by atoms with E-state index in [1.807, 2.05) is 0 Å². The van der Waals surface area contributed by atoms with Crippen LogP contribution in [0.5, 0.6) is 0 Å². The van der Waals surface area contributed by atoms with Crippen LogP contribution in [0.4, 0.5) is 0 Å². The zero-order chi connectivity index (χ0) is 13.2. The Morgan fingerprint density at radius 1 is 0.944 bits per heavy atom. The summed E-state index contributed by atoms with van der Waals surface area (Å²) < 4.78 is 0. The van der Waals surface area contributed by atoms with Crippen LogP contribution >= 0.6 is 0 Å². The lowest BCUT2D eigenvalue weighted by Crippen LogP contribution is -2.46. The van der Waals surface area contributed by atoms with Gasteiger partial charge in [0.25, 0.3) is 0 Å². The predicted octanol–water partition coefficient (Wildman–Crippen LogP) is 2.17. The Morgan fingerprint density at radius 3 is 2.17 bits per heavy atom. The van der Waals surface area contributed by atoms with E-state index < -0.39 is 0 Å². The summed E-state index contributed by atoms with van der Waals surface area (Å²) in [6.45, 7) is 13.0. The molecule has 108 valence electrons. The van der Waals surface area contributed by atoms with Gasteiger partial charge in [-0.3, -0.25) is 0 Å². The molecule has 1 heterocycles. The van der Waals surface area contributed by atoms with E-state index in [4.69, 9.17) is 5.73 Å². The summed E-state index contributed by atoms with van der Waals surface area (Å²) >= 11 is 0. The molecule has 18 heavy (non-hydrogen) atoms. The molecule has 0 spiro atoms. The zero-order valence-corrected chi connectivity index (χ0v) is 12.5. The Hall–Kier alpha value is -0.120. The van der Waals surface area contributed by atoms with E-state index in [0.29, 0.717) is 0 Å². The minimum atomic E-state index is 0.861. The maximum atomic E-state index is 5.69. The van der Waals surface area contributed by atoms with Gasteiger partial charge in [-0.05, 0) is 44.8 Å². The third-order valence-corrected chi connectivity index (χ3v) is 4.27. The van der Waals surface area contributed by atoms with Crippen molar-refractivity contribution in [3.8, 4) is 0 Å². The van der Waals surface area contributed by atoms with E-state index in [-0.39, 0.29) is 0 Å². The Kier molecular flexibility index (Phi) is 8.64. The molecule has 1 fully saturated rings. The van der Waals surface area contributed by atoms with E-state index in [0.717, 1.165) is 12.5 Å². The summed E-state index contributed by atoms with van der Waals surface area (Å²) in [5, 5.41) is 0. The van der Waals surface area contributed by atoms with Crippen molar-refractivity contribution in [2.75, 3.05) is 45.8 Å². The van der Waals surface area contributed by atoms with Crippen molar-refractivity contribution in [3.05, 3.63) is 0 Å². The fourth-order valence-electron chi connectivity index (χ4n) is 3.01. The predicted molar refractivity (Wildman–Crippen MR) is 79.9 cm³/mol. The molecule has 0 bridgehead atoms. The van der Waals surface area contributed by atoms with E-state index in [1.165, 1.54) is 71.4 Å². The quantitative estimate of drug-likeness (QED) is 0.685. The van der Waals surface area contributed by atoms with Gasteiger partial charge in [0.2, 0.25) is 0 Å². The van der Waals surface area contributed by atoms with Gasteiger partial charge in [-0.25, -0.2) is 0 Å². The van der Waals surface area contributed by atoms with Gasteiger partial charge in [0.15, 0.2) is 0 Å². The molecule has 0 aromatic carbocycles. The third-order valence-electron chi connectivity index (χ3n) is 4.27. The van der Waals surface area contributed by atoms with Crippen LogP contribution in [0, 0.1) is 5.92 Å². The summed E-state index contributed by atoms with van der Waals surface area (Å²) in [4.78, 5) is 5.18. The monoisotopic (exact) mass is 255 g/mol. The molecule has 0 saturated carbocycles. The molecular weight excluding hydrogens is 222 g/mol. The highest BCUT2D eigenvalue weighted by Gasteiger charge is 2.15. The Morgan fingerprint density at radius 2 is 1.61 bits per heavy atom. The molecule has 1 rings (SSSR count). The molecule has 0 radical (unpaired) electrons. The molecule has 3 heteroatoms. The van der Waals surface area contributed by atoms with Gasteiger partial charge in [0.1, 0.15) is 0 Å². The maximum absolute atomic E-state index is 5.69. The number of piperazine rings is 1. The van der Waals surface area contributed by atoms with Gasteiger partial charge in [-0.1, -0.05) is 26.7 Å². The van der Waals surface area contributed by atoms with Crippen LogP contribution < -0.4 is 5.73 Å². The normalized spacial score (nSPS) is 20.2. The average Bonchev–Trinajstić information content (AvgIpc) is 2.40. The molecule has 0 amide bonds. The molecule has 3 nitrogen and oxygen atoms in total. The molecule has 1 atom stereocenters. The number of nitrogens with zero attached hydrogens (tertiary/aromatic N) is 2. The highest BCUT2D eigenvalue weighted by atomic mass is 15.3. The first-order chi connectivity index (χ1) is 8.80. The topological polar surface area (TPSA) is 32.5 Å². The van der Waals surface area contributed by atoms with Crippen LogP contribution in [0.1, 0.15) is 46.0 Å². The standard InChI is InChI=1S/C15H33N3/c1-3-6-15(8-9-16)7-5-10-18-13-11-17(4-2)12-14-18/h15H,3-14,16H2,1-2H3. The number of likely N-dealkylation sites (N-methyl/N-ethyl adjacent to an activating group) is 1. The highest BCUT2D eigenvalue weighted by Crippen LogP contribution is 2.17. The molecule has 1 unspecified atom stereocenters. The summed E-state index contributed by atoms with van der Waals surface area (Å²) in [6, 6.07) is 0. The summed E-state index contributed by atoms with van der Waals surface area (Å²) in [5.74, 6) is 0.872. The Balaban J connectivity index is 2.09. The van der Waals surface area contributed by atoms with Crippen LogP contribution in [0.2, 0.25) is 0 Å². The minimum absolute atomic E-state index is 0.861. The van der Waals surface area contributed by atoms with Crippen LogP contribution in [-0.2, 0) is 0 Å².